The largest absolute Gasteiger partial charge is 0.478 e. The highest BCUT2D eigenvalue weighted by Crippen LogP contribution is 2.40. The molecule has 1 aliphatic carbocycles. The molecule has 0 radical (unpaired) electrons. The van der Waals surface area contributed by atoms with Crippen LogP contribution in [0, 0.1) is 5.41 Å². The third kappa shape index (κ3) is 3.95. The molecule has 2 aliphatic rings. The summed E-state index contributed by atoms with van der Waals surface area (Å²) in [6, 6.07) is 6.25. The highest BCUT2D eigenvalue weighted by Gasteiger charge is 2.40. The topological polar surface area (TPSA) is 74.7 Å². The predicted molar refractivity (Wildman–Crippen MR) is 97.3 cm³/mol. The molecule has 1 aromatic rings. The van der Waals surface area contributed by atoms with Gasteiger partial charge in [-0.15, -0.1) is 0 Å². The zero-order chi connectivity index (χ0) is 18.0. The lowest BCUT2D eigenvalue weighted by molar-refractivity contribution is -0.124. The van der Waals surface area contributed by atoms with Crippen LogP contribution in [-0.2, 0) is 4.79 Å². The van der Waals surface area contributed by atoms with Crippen molar-refractivity contribution in [3.63, 3.8) is 0 Å². The smallest absolute Gasteiger partial charge is 0.335 e. The number of benzene rings is 1. The number of aromatic carboxylic acids is 1. The zero-order valence-electron chi connectivity index (χ0n) is 14.2. The third-order valence-corrected chi connectivity index (χ3v) is 5.84. The Morgan fingerprint density at radius 2 is 1.84 bits per heavy atom. The maximum absolute atomic E-state index is 12.6. The van der Waals surface area contributed by atoms with Crippen LogP contribution in [0.2, 0.25) is 0 Å². The van der Waals surface area contributed by atoms with Gasteiger partial charge in [0.25, 0.3) is 11.1 Å². The maximum atomic E-state index is 12.6. The lowest BCUT2D eigenvalue weighted by Gasteiger charge is -2.35. The number of imide groups is 1. The summed E-state index contributed by atoms with van der Waals surface area (Å²) in [6.45, 7) is 2.64. The van der Waals surface area contributed by atoms with E-state index < -0.39 is 5.97 Å². The van der Waals surface area contributed by atoms with Crippen LogP contribution in [0.3, 0.4) is 0 Å². The highest BCUT2D eigenvalue weighted by molar-refractivity contribution is 8.18. The molecule has 1 N–H and O–H groups in total. The minimum Gasteiger partial charge on any atom is -0.478 e. The molecule has 0 unspecified atom stereocenters. The quantitative estimate of drug-likeness (QED) is 0.807. The molecule has 25 heavy (non-hydrogen) atoms. The van der Waals surface area contributed by atoms with Gasteiger partial charge in [-0.3, -0.25) is 14.5 Å². The number of hydrogen-bond acceptors (Lipinski definition) is 4. The second-order valence-corrected chi connectivity index (χ2v) is 8.06. The van der Waals surface area contributed by atoms with Crippen LogP contribution in [0.1, 0.15) is 54.9 Å². The lowest BCUT2D eigenvalue weighted by atomic mass is 9.75. The third-order valence-electron chi connectivity index (χ3n) is 4.93. The first-order valence-electron chi connectivity index (χ1n) is 8.47. The number of thioether (sulfide) groups is 1. The summed E-state index contributed by atoms with van der Waals surface area (Å²) < 4.78 is 0. The van der Waals surface area contributed by atoms with Crippen molar-refractivity contribution in [2.45, 2.75) is 39.0 Å². The van der Waals surface area contributed by atoms with Gasteiger partial charge < -0.3 is 5.11 Å². The summed E-state index contributed by atoms with van der Waals surface area (Å²) in [4.78, 5) is 37.6. The van der Waals surface area contributed by atoms with Gasteiger partial charge in [-0.1, -0.05) is 38.3 Å². The number of carbonyl (C=O) groups excluding carboxylic acids is 2. The van der Waals surface area contributed by atoms with Crippen LogP contribution in [0.5, 0.6) is 0 Å². The molecule has 3 rings (SSSR count). The van der Waals surface area contributed by atoms with E-state index in [2.05, 4.69) is 6.92 Å². The van der Waals surface area contributed by atoms with Gasteiger partial charge in [0, 0.05) is 6.54 Å². The van der Waals surface area contributed by atoms with E-state index in [4.69, 9.17) is 5.11 Å². The average molecular weight is 359 g/mol. The Kier molecular flexibility index (Phi) is 4.99. The highest BCUT2D eigenvalue weighted by atomic mass is 32.2. The van der Waals surface area contributed by atoms with Crippen LogP contribution < -0.4 is 0 Å². The number of rotatable bonds is 4. The van der Waals surface area contributed by atoms with Crippen molar-refractivity contribution in [3.05, 3.63) is 40.3 Å². The van der Waals surface area contributed by atoms with Crippen molar-refractivity contribution in [1.82, 2.24) is 4.90 Å². The minimum absolute atomic E-state index is 0.0166. The van der Waals surface area contributed by atoms with Crippen LogP contribution >= 0.6 is 11.8 Å². The van der Waals surface area contributed by atoms with Gasteiger partial charge in [0.1, 0.15) is 0 Å². The monoisotopic (exact) mass is 359 g/mol. The van der Waals surface area contributed by atoms with Crippen molar-refractivity contribution in [2.75, 3.05) is 6.54 Å². The molecule has 0 bridgehead atoms. The van der Waals surface area contributed by atoms with E-state index in [1.165, 1.54) is 23.5 Å². The van der Waals surface area contributed by atoms with Crippen molar-refractivity contribution < 1.29 is 19.5 Å². The molecule has 5 nitrogen and oxygen atoms in total. The number of carboxylic acids is 1. The summed E-state index contributed by atoms with van der Waals surface area (Å²) in [5.41, 5.74) is 0.915. The van der Waals surface area contributed by atoms with Gasteiger partial charge in [-0.2, -0.15) is 0 Å². The Labute approximate surface area is 151 Å². The average Bonchev–Trinajstić information content (AvgIpc) is 2.83. The first kappa shape index (κ1) is 17.7. The summed E-state index contributed by atoms with van der Waals surface area (Å²) in [5.74, 6) is -1.24. The molecule has 132 valence electrons. The van der Waals surface area contributed by atoms with E-state index in [0.29, 0.717) is 17.0 Å². The number of carbonyl (C=O) groups is 3. The summed E-state index contributed by atoms with van der Waals surface area (Å²) in [7, 11) is 0. The molecule has 6 heteroatoms. The molecule has 2 amide bonds. The summed E-state index contributed by atoms with van der Waals surface area (Å²) >= 11 is 0.957. The molecule has 2 fully saturated rings. The van der Waals surface area contributed by atoms with Crippen LogP contribution in [0.25, 0.3) is 6.08 Å². The van der Waals surface area contributed by atoms with E-state index in [-0.39, 0.29) is 22.1 Å². The normalized spacial score (nSPS) is 21.8. The molecule has 1 saturated carbocycles. The summed E-state index contributed by atoms with van der Waals surface area (Å²) in [6.07, 6.45) is 7.27. The van der Waals surface area contributed by atoms with E-state index in [0.717, 1.165) is 37.4 Å². The van der Waals surface area contributed by atoms with Crippen LogP contribution in [0.4, 0.5) is 4.79 Å². The molecule has 0 spiro atoms. The fourth-order valence-electron chi connectivity index (χ4n) is 3.45. The number of amides is 2. The second kappa shape index (κ2) is 7.04. The van der Waals surface area contributed by atoms with Crippen molar-refractivity contribution >= 4 is 35.0 Å². The van der Waals surface area contributed by atoms with Gasteiger partial charge in [-0.25, -0.2) is 4.79 Å². The molecule has 1 aromatic carbocycles. The fourth-order valence-corrected chi connectivity index (χ4v) is 4.29. The first-order chi connectivity index (χ1) is 11.9. The molecular weight excluding hydrogens is 338 g/mol. The lowest BCUT2D eigenvalue weighted by Crippen LogP contribution is -2.39. The van der Waals surface area contributed by atoms with E-state index in [1.54, 1.807) is 18.2 Å². The zero-order valence-corrected chi connectivity index (χ0v) is 15.0. The molecule has 1 saturated heterocycles. The molecule has 0 aromatic heterocycles. The number of nitrogens with zero attached hydrogens (tertiary/aromatic N) is 1. The Morgan fingerprint density at radius 1 is 1.20 bits per heavy atom. The van der Waals surface area contributed by atoms with Crippen molar-refractivity contribution in [3.8, 4) is 0 Å². The molecule has 1 aliphatic heterocycles. The maximum Gasteiger partial charge on any atom is 0.335 e. The Morgan fingerprint density at radius 3 is 2.44 bits per heavy atom. The molecule has 1 heterocycles. The standard InChI is InChI=1S/C19H21NO4S/c1-19(9-3-2-4-10-19)12-20-16(21)15(25-18(20)24)11-13-5-7-14(8-6-13)17(22)23/h5-8,11H,2-4,9-10,12H2,1H3,(H,22,23)/b15-11-. The number of carboxylic acid groups (broad SMARTS) is 1. The van der Waals surface area contributed by atoms with E-state index in [1.807, 2.05) is 0 Å². The first-order valence-corrected chi connectivity index (χ1v) is 9.28. The van der Waals surface area contributed by atoms with Crippen molar-refractivity contribution in [1.29, 1.82) is 0 Å². The Bertz CT molecular complexity index is 732. The van der Waals surface area contributed by atoms with Gasteiger partial charge in [0.05, 0.1) is 10.5 Å². The fraction of sp³-hybridized carbons (Fsp3) is 0.421. The SMILES string of the molecule is CC1(CN2C(=O)S/C(=C\c3ccc(C(=O)O)cc3)C2=O)CCCCC1. The molecular formula is C19H21NO4S. The Balaban J connectivity index is 1.75. The van der Waals surface area contributed by atoms with Crippen molar-refractivity contribution in [2.24, 2.45) is 5.41 Å². The van der Waals surface area contributed by atoms with Gasteiger partial charge in [-0.05, 0) is 53.8 Å². The number of hydrogen-bond donors (Lipinski definition) is 1. The molecule has 0 atom stereocenters. The van der Waals surface area contributed by atoms with E-state index in [9.17, 15) is 14.4 Å². The van der Waals surface area contributed by atoms with Gasteiger partial charge in [0.15, 0.2) is 0 Å². The van der Waals surface area contributed by atoms with Gasteiger partial charge in [0.2, 0.25) is 0 Å². The Hall–Kier alpha value is -2.08. The summed E-state index contributed by atoms with van der Waals surface area (Å²) in [5, 5.41) is 8.71. The minimum atomic E-state index is -0.993. The van der Waals surface area contributed by atoms with Gasteiger partial charge >= 0.3 is 5.97 Å². The van der Waals surface area contributed by atoms with Crippen LogP contribution in [-0.4, -0.2) is 33.7 Å². The van der Waals surface area contributed by atoms with Crippen LogP contribution in [0.15, 0.2) is 29.2 Å². The van der Waals surface area contributed by atoms with E-state index >= 15 is 0 Å². The predicted octanol–water partition coefficient (Wildman–Crippen LogP) is 4.39. The second-order valence-electron chi connectivity index (χ2n) is 7.07.